The number of nitrogens with zero attached hydrogens (tertiary/aromatic N) is 3. The topological polar surface area (TPSA) is 77.0 Å². The Morgan fingerprint density at radius 1 is 1.65 bits per heavy atom. The second kappa shape index (κ2) is 4.76. The number of carbonyl (C=O) groups is 1. The number of amides is 1. The molecule has 0 atom stereocenters. The molecule has 0 aliphatic rings. The molecule has 0 aliphatic carbocycles. The zero-order valence-corrected chi connectivity index (χ0v) is 9.74. The van der Waals surface area contributed by atoms with Crippen LogP contribution in [-0.2, 0) is 4.74 Å². The van der Waals surface area contributed by atoms with Gasteiger partial charge in [0.1, 0.15) is 5.69 Å². The molecule has 0 spiro atoms. The molecule has 2 heterocycles. The first-order chi connectivity index (χ1) is 8.22. The Hall–Kier alpha value is -2.20. The highest BCUT2D eigenvalue weighted by Crippen LogP contribution is 2.22. The molecule has 1 amide bonds. The minimum Gasteiger partial charge on any atom is -0.450 e. The van der Waals surface area contributed by atoms with Gasteiger partial charge in [-0.2, -0.15) is 4.98 Å². The third kappa shape index (κ3) is 2.49. The molecule has 2 aromatic heterocycles. The van der Waals surface area contributed by atoms with Gasteiger partial charge >= 0.3 is 6.09 Å². The summed E-state index contributed by atoms with van der Waals surface area (Å²) in [6.45, 7) is 2.02. The van der Waals surface area contributed by atoms with E-state index in [2.05, 4.69) is 26.2 Å². The van der Waals surface area contributed by atoms with Crippen molar-refractivity contribution in [1.29, 1.82) is 0 Å². The van der Waals surface area contributed by atoms with Gasteiger partial charge in [0.2, 0.25) is 0 Å². The molecule has 0 bridgehead atoms. The highest BCUT2D eigenvalue weighted by Gasteiger charge is 2.09. The molecule has 2 aromatic rings. The van der Waals surface area contributed by atoms with E-state index < -0.39 is 6.09 Å². The van der Waals surface area contributed by atoms with Crippen LogP contribution in [0.5, 0.6) is 0 Å². The van der Waals surface area contributed by atoms with Crippen LogP contribution in [0.1, 0.15) is 12.6 Å². The average Bonchev–Trinajstić information content (AvgIpc) is 2.69. The normalized spacial score (nSPS) is 9.88. The molecule has 0 fully saturated rings. The summed E-state index contributed by atoms with van der Waals surface area (Å²) < 4.78 is 4.73. The van der Waals surface area contributed by atoms with Gasteiger partial charge in [0, 0.05) is 0 Å². The number of ether oxygens (including phenoxy) is 1. The van der Waals surface area contributed by atoms with Gasteiger partial charge in [-0.3, -0.25) is 5.32 Å². The van der Waals surface area contributed by atoms with Crippen LogP contribution in [0.2, 0.25) is 0 Å². The van der Waals surface area contributed by atoms with Crippen LogP contribution in [0.3, 0.4) is 0 Å². The smallest absolute Gasteiger partial charge is 0.413 e. The lowest BCUT2D eigenvalue weighted by atomic mass is 10.5. The summed E-state index contributed by atoms with van der Waals surface area (Å²) in [5.41, 5.74) is 0.879. The summed E-state index contributed by atoms with van der Waals surface area (Å²) in [6.07, 6.45) is 6.11. The number of nitrogens with one attached hydrogen (secondary N) is 1. The van der Waals surface area contributed by atoms with Crippen molar-refractivity contribution in [3.63, 3.8) is 0 Å². The molecule has 86 valence electrons. The Morgan fingerprint density at radius 2 is 2.47 bits per heavy atom. The molecule has 0 aliphatic heterocycles. The summed E-state index contributed by atoms with van der Waals surface area (Å²) in [5, 5.41) is 2.87. The van der Waals surface area contributed by atoms with Gasteiger partial charge in [0.15, 0.2) is 15.6 Å². The van der Waals surface area contributed by atoms with Crippen molar-refractivity contribution in [1.82, 2.24) is 15.0 Å². The Kier molecular flexibility index (Phi) is 3.16. The number of anilines is 1. The molecule has 0 radical (unpaired) electrons. The highest BCUT2D eigenvalue weighted by atomic mass is 32.1. The van der Waals surface area contributed by atoms with Gasteiger partial charge in [-0.15, -0.1) is 6.42 Å². The zero-order valence-electron chi connectivity index (χ0n) is 8.93. The Labute approximate surface area is 101 Å². The molecule has 1 N–H and O–H groups in total. The third-order valence-electron chi connectivity index (χ3n) is 1.76. The van der Waals surface area contributed by atoms with Crippen LogP contribution in [0, 0.1) is 12.3 Å². The van der Waals surface area contributed by atoms with Crippen LogP contribution in [0.15, 0.2) is 6.20 Å². The molecule has 0 aromatic carbocycles. The first-order valence-electron chi connectivity index (χ1n) is 4.77. The van der Waals surface area contributed by atoms with E-state index in [1.54, 1.807) is 6.92 Å². The monoisotopic (exact) mass is 248 g/mol. The van der Waals surface area contributed by atoms with Gasteiger partial charge in [0.05, 0.1) is 12.8 Å². The number of aromatic nitrogens is 3. The fraction of sp³-hybridized carbons (Fsp3) is 0.200. The number of thiazole rings is 1. The van der Waals surface area contributed by atoms with Gasteiger partial charge in [-0.25, -0.2) is 14.8 Å². The average molecular weight is 248 g/mol. The van der Waals surface area contributed by atoms with Crippen molar-refractivity contribution in [2.24, 2.45) is 0 Å². The van der Waals surface area contributed by atoms with Crippen LogP contribution in [0.4, 0.5) is 9.93 Å². The number of terminal acetylenes is 1. The Balaban J connectivity index is 2.26. The maximum absolute atomic E-state index is 11.2. The van der Waals surface area contributed by atoms with E-state index in [9.17, 15) is 4.79 Å². The molecule has 7 heteroatoms. The second-order valence-corrected chi connectivity index (χ2v) is 3.87. The molecule has 0 unspecified atom stereocenters. The number of hydrogen-bond acceptors (Lipinski definition) is 6. The van der Waals surface area contributed by atoms with E-state index in [1.165, 1.54) is 17.5 Å². The van der Waals surface area contributed by atoms with Crippen molar-refractivity contribution in [2.45, 2.75) is 6.92 Å². The van der Waals surface area contributed by atoms with E-state index in [0.29, 0.717) is 27.9 Å². The van der Waals surface area contributed by atoms with E-state index >= 15 is 0 Å². The second-order valence-electron chi connectivity index (χ2n) is 2.89. The van der Waals surface area contributed by atoms with E-state index in [4.69, 9.17) is 11.2 Å². The standard InChI is InChI=1S/C10H8N4O2S/c1-3-6-5-11-7-8(12-6)17-9(13-7)14-10(15)16-4-2/h1,5H,4H2,2H3,(H,11,13,14,15). The number of carbonyl (C=O) groups excluding carboxylic acids is 1. The first kappa shape index (κ1) is 11.3. The molecule has 17 heavy (non-hydrogen) atoms. The minimum absolute atomic E-state index is 0.300. The fourth-order valence-electron chi connectivity index (χ4n) is 1.10. The van der Waals surface area contributed by atoms with Crippen molar-refractivity contribution in [3.05, 3.63) is 11.9 Å². The van der Waals surface area contributed by atoms with Crippen LogP contribution >= 0.6 is 11.3 Å². The molecular weight excluding hydrogens is 240 g/mol. The maximum Gasteiger partial charge on any atom is 0.413 e. The van der Waals surface area contributed by atoms with Gasteiger partial charge in [-0.05, 0) is 12.8 Å². The number of rotatable bonds is 2. The fourth-order valence-corrected chi connectivity index (χ4v) is 1.88. The van der Waals surface area contributed by atoms with Gasteiger partial charge < -0.3 is 4.74 Å². The molecule has 0 saturated heterocycles. The molecule has 6 nitrogen and oxygen atoms in total. The van der Waals surface area contributed by atoms with Crippen LogP contribution in [0.25, 0.3) is 10.5 Å². The summed E-state index contributed by atoms with van der Waals surface area (Å²) in [7, 11) is 0. The van der Waals surface area contributed by atoms with E-state index in [-0.39, 0.29) is 0 Å². The molecule has 2 rings (SSSR count). The van der Waals surface area contributed by atoms with Crippen LogP contribution in [-0.4, -0.2) is 27.7 Å². The van der Waals surface area contributed by atoms with Crippen molar-refractivity contribution < 1.29 is 9.53 Å². The largest absolute Gasteiger partial charge is 0.450 e. The van der Waals surface area contributed by atoms with Gasteiger partial charge in [-0.1, -0.05) is 11.3 Å². The predicted octanol–water partition coefficient (Wildman–Crippen LogP) is 1.64. The van der Waals surface area contributed by atoms with Crippen molar-refractivity contribution in [3.8, 4) is 12.3 Å². The molecule has 0 saturated carbocycles. The lowest BCUT2D eigenvalue weighted by molar-refractivity contribution is 0.168. The maximum atomic E-state index is 11.2. The lowest BCUT2D eigenvalue weighted by Crippen LogP contribution is -2.12. The summed E-state index contributed by atoms with van der Waals surface area (Å²) in [5.74, 6) is 2.38. The van der Waals surface area contributed by atoms with E-state index in [1.807, 2.05) is 0 Å². The zero-order chi connectivity index (χ0) is 12.3. The minimum atomic E-state index is -0.552. The van der Waals surface area contributed by atoms with Gasteiger partial charge in [0.25, 0.3) is 0 Å². The summed E-state index contributed by atoms with van der Waals surface area (Å²) in [6, 6.07) is 0. The first-order valence-corrected chi connectivity index (χ1v) is 5.58. The Bertz CT molecular complexity index is 602. The van der Waals surface area contributed by atoms with Crippen molar-refractivity contribution in [2.75, 3.05) is 11.9 Å². The SMILES string of the molecule is C#Cc1cnc2nc(NC(=O)OCC)sc2n1. The lowest BCUT2D eigenvalue weighted by Gasteiger charge is -1.99. The third-order valence-corrected chi connectivity index (χ3v) is 2.61. The number of hydrogen-bond donors (Lipinski definition) is 1. The van der Waals surface area contributed by atoms with Crippen molar-refractivity contribution >= 4 is 33.0 Å². The van der Waals surface area contributed by atoms with E-state index in [0.717, 1.165) is 0 Å². The highest BCUT2D eigenvalue weighted by molar-refractivity contribution is 7.21. The summed E-state index contributed by atoms with van der Waals surface area (Å²) >= 11 is 1.19. The molecular formula is C10H8N4O2S. The quantitative estimate of drug-likeness (QED) is 0.817. The predicted molar refractivity (Wildman–Crippen MR) is 63.8 cm³/mol. The Morgan fingerprint density at radius 3 is 3.18 bits per heavy atom. The number of fused-ring (bicyclic) bond motifs is 1. The van der Waals surface area contributed by atoms with Crippen LogP contribution < -0.4 is 5.32 Å². The summed E-state index contributed by atoms with van der Waals surface area (Å²) in [4.78, 5) is 24.0.